The fourth-order valence-electron chi connectivity index (χ4n) is 2.46. The van der Waals surface area contributed by atoms with E-state index in [1.807, 2.05) is 16.9 Å². The number of aromatic nitrogens is 2. The molecule has 0 saturated carbocycles. The molecule has 0 spiro atoms. The minimum absolute atomic E-state index is 0.680. The molecule has 0 N–H and O–H groups in total. The van der Waals surface area contributed by atoms with E-state index < -0.39 is 0 Å². The minimum atomic E-state index is 0.680. The fraction of sp³-hybridized carbons (Fsp3) is 0.357. The Bertz CT molecular complexity index is 582. The van der Waals surface area contributed by atoms with Gasteiger partial charge < -0.3 is 4.74 Å². The number of benzene rings is 1. The van der Waals surface area contributed by atoms with Crippen LogP contribution in [0.4, 0.5) is 0 Å². The Morgan fingerprint density at radius 3 is 3.00 bits per heavy atom. The van der Waals surface area contributed by atoms with Gasteiger partial charge in [0, 0.05) is 19.3 Å². The van der Waals surface area contributed by atoms with Gasteiger partial charge in [0.15, 0.2) is 0 Å². The fourth-order valence-corrected chi connectivity index (χ4v) is 2.62. The summed E-state index contributed by atoms with van der Waals surface area (Å²) in [4.78, 5) is 2.35. The lowest BCUT2D eigenvalue weighted by atomic mass is 10.00. The minimum Gasteiger partial charge on any atom is -0.497 e. The van der Waals surface area contributed by atoms with Crippen LogP contribution in [0.15, 0.2) is 30.6 Å². The molecular weight excluding hydrogens is 262 g/mol. The molecule has 0 saturated heterocycles. The number of ether oxygens (including phenoxy) is 1. The van der Waals surface area contributed by atoms with Crippen LogP contribution in [-0.2, 0) is 19.6 Å². The van der Waals surface area contributed by atoms with Gasteiger partial charge in [-0.15, -0.1) is 0 Å². The topological polar surface area (TPSA) is 30.3 Å². The first kappa shape index (κ1) is 12.5. The van der Waals surface area contributed by atoms with Gasteiger partial charge in [-0.1, -0.05) is 17.7 Å². The van der Waals surface area contributed by atoms with Crippen molar-refractivity contribution in [2.24, 2.45) is 0 Å². The van der Waals surface area contributed by atoms with E-state index >= 15 is 0 Å². The van der Waals surface area contributed by atoms with Gasteiger partial charge in [-0.3, -0.25) is 9.58 Å². The Morgan fingerprint density at radius 2 is 2.26 bits per heavy atom. The van der Waals surface area contributed by atoms with Gasteiger partial charge in [0.2, 0.25) is 0 Å². The Balaban J connectivity index is 1.74. The first-order valence-electron chi connectivity index (χ1n) is 6.31. The lowest BCUT2D eigenvalue weighted by molar-refractivity contribution is 0.189. The van der Waals surface area contributed by atoms with Crippen LogP contribution in [0.1, 0.15) is 11.1 Å². The van der Waals surface area contributed by atoms with Crippen LogP contribution in [0, 0.1) is 0 Å². The average molecular weight is 278 g/mol. The molecule has 1 aliphatic heterocycles. The first-order chi connectivity index (χ1) is 9.24. The third kappa shape index (κ3) is 2.74. The third-order valence-electron chi connectivity index (χ3n) is 3.45. The number of rotatable bonds is 3. The van der Waals surface area contributed by atoms with Crippen LogP contribution in [0.5, 0.6) is 5.75 Å². The number of methoxy groups -OCH3 is 1. The molecule has 0 fully saturated rings. The second-order valence-electron chi connectivity index (χ2n) is 4.78. The lowest BCUT2D eigenvalue weighted by Gasteiger charge is -2.28. The molecule has 0 bridgehead atoms. The maximum atomic E-state index is 5.88. The van der Waals surface area contributed by atoms with E-state index in [4.69, 9.17) is 16.3 Å². The lowest BCUT2D eigenvalue weighted by Crippen LogP contribution is -2.32. The summed E-state index contributed by atoms with van der Waals surface area (Å²) in [6, 6.07) is 6.32. The van der Waals surface area contributed by atoms with Gasteiger partial charge in [-0.25, -0.2) is 0 Å². The molecule has 3 rings (SSSR count). The van der Waals surface area contributed by atoms with Gasteiger partial charge in [-0.2, -0.15) is 5.10 Å². The first-order valence-corrected chi connectivity index (χ1v) is 6.68. The zero-order valence-electron chi connectivity index (χ0n) is 10.8. The molecule has 0 amide bonds. The van der Waals surface area contributed by atoms with Crippen molar-refractivity contribution >= 4 is 11.6 Å². The molecule has 1 aliphatic rings. The van der Waals surface area contributed by atoms with Gasteiger partial charge in [0.05, 0.1) is 25.0 Å². The molecule has 100 valence electrons. The number of fused-ring (bicyclic) bond motifs is 1. The SMILES string of the molecule is COc1ccc2c(c1)CN(Cn1cc(Cl)cn1)CC2. The van der Waals surface area contributed by atoms with Crippen LogP contribution in [-0.4, -0.2) is 28.3 Å². The van der Waals surface area contributed by atoms with Crippen molar-refractivity contribution in [1.29, 1.82) is 0 Å². The van der Waals surface area contributed by atoms with Crippen LogP contribution in [0.3, 0.4) is 0 Å². The van der Waals surface area contributed by atoms with Crippen LogP contribution < -0.4 is 4.74 Å². The molecule has 19 heavy (non-hydrogen) atoms. The number of halogens is 1. The molecular formula is C14H16ClN3O. The molecule has 0 aliphatic carbocycles. The largest absolute Gasteiger partial charge is 0.497 e. The monoisotopic (exact) mass is 277 g/mol. The molecule has 0 unspecified atom stereocenters. The van der Waals surface area contributed by atoms with Crippen molar-refractivity contribution in [3.63, 3.8) is 0 Å². The van der Waals surface area contributed by atoms with Crippen molar-refractivity contribution < 1.29 is 4.74 Å². The molecule has 0 radical (unpaired) electrons. The van der Waals surface area contributed by atoms with Crippen LogP contribution in [0.2, 0.25) is 5.02 Å². The van der Waals surface area contributed by atoms with Gasteiger partial charge >= 0.3 is 0 Å². The van der Waals surface area contributed by atoms with E-state index in [-0.39, 0.29) is 0 Å². The normalized spacial score (nSPS) is 15.3. The Kier molecular flexibility index (Phi) is 3.44. The van der Waals surface area contributed by atoms with Crippen molar-refractivity contribution in [3.8, 4) is 5.75 Å². The smallest absolute Gasteiger partial charge is 0.119 e. The molecule has 1 aromatic heterocycles. The van der Waals surface area contributed by atoms with Crippen molar-refractivity contribution in [3.05, 3.63) is 46.7 Å². The Labute approximate surface area is 117 Å². The quantitative estimate of drug-likeness (QED) is 0.864. The number of nitrogens with zero attached hydrogens (tertiary/aromatic N) is 3. The highest BCUT2D eigenvalue weighted by Gasteiger charge is 2.17. The number of hydrogen-bond donors (Lipinski definition) is 0. The zero-order chi connectivity index (χ0) is 13.2. The standard InChI is InChI=1S/C14H16ClN3O/c1-19-14-3-2-11-4-5-17(8-12(11)6-14)10-18-9-13(15)7-16-18/h2-3,6-7,9H,4-5,8,10H2,1H3. The summed E-state index contributed by atoms with van der Waals surface area (Å²) in [5, 5.41) is 4.90. The maximum absolute atomic E-state index is 5.88. The van der Waals surface area contributed by atoms with Crippen molar-refractivity contribution in [2.75, 3.05) is 13.7 Å². The Morgan fingerprint density at radius 1 is 1.37 bits per heavy atom. The van der Waals surface area contributed by atoms with E-state index in [0.717, 1.165) is 31.9 Å². The van der Waals surface area contributed by atoms with E-state index in [1.54, 1.807) is 13.3 Å². The highest BCUT2D eigenvalue weighted by atomic mass is 35.5. The summed E-state index contributed by atoms with van der Waals surface area (Å²) in [6.07, 6.45) is 4.58. The highest BCUT2D eigenvalue weighted by molar-refractivity contribution is 6.30. The summed E-state index contributed by atoms with van der Waals surface area (Å²) < 4.78 is 7.15. The van der Waals surface area contributed by atoms with E-state index in [1.165, 1.54) is 11.1 Å². The zero-order valence-corrected chi connectivity index (χ0v) is 11.6. The second-order valence-corrected chi connectivity index (χ2v) is 5.21. The molecule has 1 aromatic carbocycles. The summed E-state index contributed by atoms with van der Waals surface area (Å²) in [5.74, 6) is 0.919. The van der Waals surface area contributed by atoms with E-state index in [9.17, 15) is 0 Å². The van der Waals surface area contributed by atoms with Crippen molar-refractivity contribution in [2.45, 2.75) is 19.6 Å². The summed E-state index contributed by atoms with van der Waals surface area (Å²) in [6.45, 7) is 2.73. The number of hydrogen-bond acceptors (Lipinski definition) is 3. The molecule has 2 heterocycles. The second kappa shape index (κ2) is 5.23. The summed E-state index contributed by atoms with van der Waals surface area (Å²) >= 11 is 5.88. The van der Waals surface area contributed by atoms with E-state index in [2.05, 4.69) is 22.1 Å². The van der Waals surface area contributed by atoms with E-state index in [0.29, 0.717) is 5.02 Å². The highest BCUT2D eigenvalue weighted by Crippen LogP contribution is 2.24. The molecule has 4 nitrogen and oxygen atoms in total. The molecule has 2 aromatic rings. The average Bonchev–Trinajstić information content (AvgIpc) is 2.83. The third-order valence-corrected chi connectivity index (χ3v) is 3.65. The Hall–Kier alpha value is -1.52. The predicted molar refractivity (Wildman–Crippen MR) is 74.3 cm³/mol. The van der Waals surface area contributed by atoms with Crippen LogP contribution >= 0.6 is 11.6 Å². The predicted octanol–water partition coefficient (Wildman–Crippen LogP) is 2.56. The van der Waals surface area contributed by atoms with Crippen LogP contribution in [0.25, 0.3) is 0 Å². The van der Waals surface area contributed by atoms with Gasteiger partial charge in [-0.05, 0) is 29.7 Å². The maximum Gasteiger partial charge on any atom is 0.119 e. The van der Waals surface area contributed by atoms with Gasteiger partial charge in [0.1, 0.15) is 5.75 Å². The summed E-state index contributed by atoms with van der Waals surface area (Å²) in [7, 11) is 1.70. The van der Waals surface area contributed by atoms with Gasteiger partial charge in [0.25, 0.3) is 0 Å². The molecule has 5 heteroatoms. The summed E-state index contributed by atoms with van der Waals surface area (Å²) in [5.41, 5.74) is 2.75. The van der Waals surface area contributed by atoms with Crippen molar-refractivity contribution in [1.82, 2.24) is 14.7 Å². The molecule has 0 atom stereocenters.